The first-order chi connectivity index (χ1) is 19.4. The third-order valence-corrected chi connectivity index (χ3v) is 9.40. The molecule has 1 saturated heterocycles. The van der Waals surface area contributed by atoms with Crippen molar-refractivity contribution < 1.29 is 9.32 Å². The maximum Gasteiger partial charge on any atom is 0.227 e. The summed E-state index contributed by atoms with van der Waals surface area (Å²) in [5.74, 6) is 1.79. The van der Waals surface area contributed by atoms with Crippen LogP contribution in [0.1, 0.15) is 70.6 Å². The van der Waals surface area contributed by atoms with Crippen LogP contribution in [0.25, 0.3) is 22.2 Å². The molecule has 2 aliphatic rings. The SMILES string of the molecule is Cc1nc2c(s1)C[C@H](n1c([C@@H]3CCCC(=O)N3c3ccnc(Cl)c3)nc3cc(-c4c(C)noc4C)ccc31)CC2. The number of nitrogens with zero attached hydrogens (tertiary/aromatic N) is 6. The molecule has 0 spiro atoms. The summed E-state index contributed by atoms with van der Waals surface area (Å²) in [6.45, 7) is 5.98. The number of aryl methyl sites for hydroxylation is 4. The number of anilines is 1. The molecular formula is C30H29ClN6O2S. The zero-order chi connectivity index (χ0) is 27.5. The first-order valence-electron chi connectivity index (χ1n) is 13.7. The molecular weight excluding hydrogens is 544 g/mol. The highest BCUT2D eigenvalue weighted by molar-refractivity contribution is 7.11. The topological polar surface area (TPSA) is 89.9 Å². The van der Waals surface area contributed by atoms with Crippen molar-refractivity contribution in [2.75, 3.05) is 4.90 Å². The van der Waals surface area contributed by atoms with E-state index in [1.165, 1.54) is 10.6 Å². The van der Waals surface area contributed by atoms with E-state index in [-0.39, 0.29) is 18.0 Å². The average molecular weight is 573 g/mol. The molecule has 10 heteroatoms. The number of aromatic nitrogens is 5. The molecule has 4 aromatic heterocycles. The Balaban J connectivity index is 1.40. The first kappa shape index (κ1) is 25.4. The van der Waals surface area contributed by atoms with Crippen molar-refractivity contribution >= 4 is 45.6 Å². The Morgan fingerprint density at radius 1 is 1.07 bits per heavy atom. The fourth-order valence-electron chi connectivity index (χ4n) is 6.47. The van der Waals surface area contributed by atoms with Gasteiger partial charge < -0.3 is 14.0 Å². The number of piperidine rings is 1. The molecule has 0 N–H and O–H groups in total. The van der Waals surface area contributed by atoms with Crippen molar-refractivity contribution in [1.29, 1.82) is 0 Å². The van der Waals surface area contributed by atoms with Crippen molar-refractivity contribution in [1.82, 2.24) is 24.7 Å². The number of pyridine rings is 1. The van der Waals surface area contributed by atoms with Crippen LogP contribution in [0, 0.1) is 20.8 Å². The largest absolute Gasteiger partial charge is 0.361 e. The first-order valence-corrected chi connectivity index (χ1v) is 14.9. The summed E-state index contributed by atoms with van der Waals surface area (Å²) in [6.07, 6.45) is 6.62. The fourth-order valence-corrected chi connectivity index (χ4v) is 7.70. The summed E-state index contributed by atoms with van der Waals surface area (Å²) in [5.41, 5.74) is 6.86. The van der Waals surface area contributed by atoms with Crippen LogP contribution in [0.15, 0.2) is 41.1 Å². The molecule has 0 unspecified atom stereocenters. The number of fused-ring (bicyclic) bond motifs is 2. The van der Waals surface area contributed by atoms with Crippen LogP contribution in [0.3, 0.4) is 0 Å². The summed E-state index contributed by atoms with van der Waals surface area (Å²) < 4.78 is 7.87. The molecule has 2 atom stereocenters. The van der Waals surface area contributed by atoms with Crippen molar-refractivity contribution in [2.45, 2.75) is 71.4 Å². The van der Waals surface area contributed by atoms with Gasteiger partial charge in [0.15, 0.2) is 0 Å². The summed E-state index contributed by atoms with van der Waals surface area (Å²) in [5, 5.41) is 5.64. The van der Waals surface area contributed by atoms with Crippen molar-refractivity contribution in [2.24, 2.45) is 0 Å². The molecule has 0 saturated carbocycles. The molecule has 1 aliphatic carbocycles. The summed E-state index contributed by atoms with van der Waals surface area (Å²) in [4.78, 5) is 30.9. The Morgan fingerprint density at radius 2 is 1.95 bits per heavy atom. The lowest BCUT2D eigenvalue weighted by Gasteiger charge is -2.37. The summed E-state index contributed by atoms with van der Waals surface area (Å²) >= 11 is 8.07. The molecule has 5 aromatic rings. The third-order valence-electron chi connectivity index (χ3n) is 8.16. The van der Waals surface area contributed by atoms with Gasteiger partial charge in [-0.15, -0.1) is 11.3 Å². The van der Waals surface area contributed by atoms with Crippen LogP contribution in [-0.4, -0.2) is 30.6 Å². The van der Waals surface area contributed by atoms with Gasteiger partial charge in [0.1, 0.15) is 16.7 Å². The average Bonchev–Trinajstić information content (AvgIpc) is 3.60. The van der Waals surface area contributed by atoms with Crippen LogP contribution in [0.4, 0.5) is 5.69 Å². The molecule has 0 bridgehead atoms. The van der Waals surface area contributed by atoms with E-state index < -0.39 is 0 Å². The van der Waals surface area contributed by atoms with Crippen molar-refractivity contribution in [3.8, 4) is 11.1 Å². The maximum atomic E-state index is 13.4. The predicted octanol–water partition coefficient (Wildman–Crippen LogP) is 7.11. The molecule has 5 heterocycles. The fraction of sp³-hybridized carbons (Fsp3) is 0.367. The Labute approximate surface area is 241 Å². The second-order valence-corrected chi connectivity index (χ2v) is 12.4. The standard InChI is InChI=1S/C30H29ClN6O2S/c1-16-29(17(2)39-35-16)19-7-10-24-23(13-19)34-30(37(24)20-8-9-22-26(14-20)40-18(3)33-22)25-5-4-6-28(38)36(25)21-11-12-32-27(31)15-21/h7,10-13,15,20,25H,4-6,8-9,14H2,1-3H3/t20-,25+/m1/s1. The van der Waals surface area contributed by atoms with E-state index in [4.69, 9.17) is 26.1 Å². The second kappa shape index (κ2) is 9.82. The molecule has 1 fully saturated rings. The second-order valence-electron chi connectivity index (χ2n) is 10.8. The van der Waals surface area contributed by atoms with Gasteiger partial charge in [0.05, 0.1) is 33.5 Å². The van der Waals surface area contributed by atoms with Crippen LogP contribution in [-0.2, 0) is 17.6 Å². The van der Waals surface area contributed by atoms with E-state index in [9.17, 15) is 4.79 Å². The number of carbonyl (C=O) groups is 1. The van der Waals surface area contributed by atoms with Crippen LogP contribution >= 0.6 is 22.9 Å². The molecule has 1 aromatic carbocycles. The Morgan fingerprint density at radius 3 is 2.75 bits per heavy atom. The number of halogens is 1. The molecule has 1 amide bonds. The van der Waals surface area contributed by atoms with Crippen LogP contribution in [0.5, 0.6) is 0 Å². The number of thiazole rings is 1. The molecule has 1 aliphatic heterocycles. The van der Waals surface area contributed by atoms with Gasteiger partial charge in [-0.2, -0.15) is 0 Å². The number of rotatable bonds is 4. The van der Waals surface area contributed by atoms with E-state index in [2.05, 4.69) is 39.8 Å². The molecule has 204 valence electrons. The quantitative estimate of drug-likeness (QED) is 0.213. The lowest BCUT2D eigenvalue weighted by Crippen LogP contribution is -2.40. The molecule has 40 heavy (non-hydrogen) atoms. The number of carbonyl (C=O) groups excluding carboxylic acids is 1. The highest BCUT2D eigenvalue weighted by atomic mass is 35.5. The van der Waals surface area contributed by atoms with Gasteiger partial charge in [-0.05, 0) is 76.3 Å². The number of hydrogen-bond acceptors (Lipinski definition) is 7. The van der Waals surface area contributed by atoms with Gasteiger partial charge in [0.25, 0.3) is 0 Å². The summed E-state index contributed by atoms with van der Waals surface area (Å²) in [6, 6.07) is 10.1. The van der Waals surface area contributed by atoms with Gasteiger partial charge in [-0.1, -0.05) is 22.8 Å². The number of benzene rings is 1. The maximum absolute atomic E-state index is 13.4. The lowest BCUT2D eigenvalue weighted by molar-refractivity contribution is -0.120. The summed E-state index contributed by atoms with van der Waals surface area (Å²) in [7, 11) is 0. The van der Waals surface area contributed by atoms with Gasteiger partial charge >= 0.3 is 0 Å². The van der Waals surface area contributed by atoms with Crippen LogP contribution in [0.2, 0.25) is 5.15 Å². The normalized spacial score (nSPS) is 19.4. The minimum atomic E-state index is -0.209. The van der Waals surface area contributed by atoms with Crippen molar-refractivity contribution in [3.05, 3.63) is 74.5 Å². The molecule has 7 rings (SSSR count). The Bertz CT molecular complexity index is 1750. The Kier molecular flexibility index (Phi) is 6.24. The van der Waals surface area contributed by atoms with Gasteiger partial charge in [-0.3, -0.25) is 4.79 Å². The number of hydrogen-bond donors (Lipinski definition) is 0. The zero-order valence-electron chi connectivity index (χ0n) is 22.6. The molecule has 8 nitrogen and oxygen atoms in total. The van der Waals surface area contributed by atoms with Gasteiger partial charge in [0, 0.05) is 41.2 Å². The van der Waals surface area contributed by atoms with E-state index in [1.54, 1.807) is 23.6 Å². The van der Waals surface area contributed by atoms with E-state index in [1.807, 2.05) is 24.8 Å². The van der Waals surface area contributed by atoms with Crippen LogP contribution < -0.4 is 4.90 Å². The van der Waals surface area contributed by atoms with Gasteiger partial charge in [-0.25, -0.2) is 15.0 Å². The smallest absolute Gasteiger partial charge is 0.227 e. The highest BCUT2D eigenvalue weighted by Crippen LogP contribution is 2.42. The third kappa shape index (κ3) is 4.23. The zero-order valence-corrected chi connectivity index (χ0v) is 24.2. The van der Waals surface area contributed by atoms with Gasteiger partial charge in [0.2, 0.25) is 5.91 Å². The highest BCUT2D eigenvalue weighted by Gasteiger charge is 2.36. The predicted molar refractivity (Wildman–Crippen MR) is 156 cm³/mol. The number of amides is 1. The molecule has 0 radical (unpaired) electrons. The number of imidazole rings is 1. The van der Waals surface area contributed by atoms with E-state index in [0.29, 0.717) is 11.6 Å². The minimum absolute atomic E-state index is 0.0811. The van der Waals surface area contributed by atoms with E-state index >= 15 is 0 Å². The minimum Gasteiger partial charge on any atom is -0.361 e. The Hall–Kier alpha value is -3.56. The monoisotopic (exact) mass is 572 g/mol. The lowest BCUT2D eigenvalue weighted by atomic mass is 9.95. The van der Waals surface area contributed by atoms with E-state index in [0.717, 1.165) is 82.2 Å². The van der Waals surface area contributed by atoms with Crippen molar-refractivity contribution in [3.63, 3.8) is 0 Å².